The smallest absolute Gasteiger partial charge is 0.303 e. The molecule has 0 aliphatic heterocycles. The Morgan fingerprint density at radius 3 is 2.52 bits per heavy atom. The van der Waals surface area contributed by atoms with Gasteiger partial charge in [0.15, 0.2) is 0 Å². The monoisotopic (exact) mass is 331 g/mol. The molecule has 0 aliphatic carbocycles. The number of carbonyl (C=O) groups is 2. The van der Waals surface area contributed by atoms with Gasteiger partial charge in [-0.15, -0.1) is 11.3 Å². The lowest BCUT2D eigenvalue weighted by atomic mass is 9.76. The molecule has 1 rings (SSSR count). The number of hydrogen-bond acceptors (Lipinski definition) is 3. The molecule has 0 spiro atoms. The van der Waals surface area contributed by atoms with E-state index in [1.807, 2.05) is 0 Å². The first kappa shape index (κ1) is 18.0. The van der Waals surface area contributed by atoms with Crippen molar-refractivity contribution in [2.45, 2.75) is 40.0 Å². The maximum Gasteiger partial charge on any atom is 0.303 e. The average molecular weight is 332 g/mol. The summed E-state index contributed by atoms with van der Waals surface area (Å²) in [7, 11) is 0. The van der Waals surface area contributed by atoms with Crippen molar-refractivity contribution in [3.8, 4) is 0 Å². The first-order chi connectivity index (χ1) is 9.71. The Kier molecular flexibility index (Phi) is 6.68. The van der Waals surface area contributed by atoms with Gasteiger partial charge in [0.25, 0.3) is 5.91 Å². The molecule has 0 radical (unpaired) electrons. The summed E-state index contributed by atoms with van der Waals surface area (Å²) in [6, 6.07) is 1.70. The van der Waals surface area contributed by atoms with Crippen LogP contribution in [0.15, 0.2) is 11.4 Å². The van der Waals surface area contributed by atoms with Crippen molar-refractivity contribution in [2.24, 2.45) is 11.3 Å². The zero-order valence-corrected chi connectivity index (χ0v) is 14.2. The lowest BCUT2D eigenvalue weighted by Crippen LogP contribution is -2.29. The van der Waals surface area contributed by atoms with E-state index in [0.29, 0.717) is 22.9 Å². The summed E-state index contributed by atoms with van der Waals surface area (Å²) in [6.45, 7) is 6.81. The molecule has 21 heavy (non-hydrogen) atoms. The normalized spacial score (nSPS) is 13.0. The molecule has 118 valence electrons. The number of rotatable bonds is 7. The molecular formula is C15H22ClNO3S. The summed E-state index contributed by atoms with van der Waals surface area (Å²) in [6.07, 6.45) is 1.53. The number of halogens is 1. The topological polar surface area (TPSA) is 66.4 Å². The number of nitrogens with one attached hydrogen (secondary N) is 1. The molecule has 1 aromatic heterocycles. The van der Waals surface area contributed by atoms with Crippen LogP contribution < -0.4 is 5.32 Å². The van der Waals surface area contributed by atoms with Gasteiger partial charge in [0, 0.05) is 13.0 Å². The van der Waals surface area contributed by atoms with Gasteiger partial charge in [0.2, 0.25) is 0 Å². The third kappa shape index (κ3) is 6.06. The minimum atomic E-state index is -0.779. The Balaban J connectivity index is 2.48. The van der Waals surface area contributed by atoms with Crippen LogP contribution in [0.1, 0.15) is 49.7 Å². The third-order valence-corrected chi connectivity index (χ3v) is 4.87. The molecule has 1 unspecified atom stereocenters. The van der Waals surface area contributed by atoms with Gasteiger partial charge in [-0.2, -0.15) is 0 Å². The van der Waals surface area contributed by atoms with Gasteiger partial charge in [-0.3, -0.25) is 9.59 Å². The average Bonchev–Trinajstić information content (AvgIpc) is 2.77. The maximum absolute atomic E-state index is 11.9. The van der Waals surface area contributed by atoms with Crippen molar-refractivity contribution in [1.82, 2.24) is 5.32 Å². The fourth-order valence-corrected chi connectivity index (χ4v) is 3.26. The molecule has 0 bridgehead atoms. The van der Waals surface area contributed by atoms with E-state index in [1.165, 1.54) is 11.3 Å². The number of thiophene rings is 1. The van der Waals surface area contributed by atoms with Gasteiger partial charge in [-0.1, -0.05) is 32.4 Å². The van der Waals surface area contributed by atoms with Crippen LogP contribution in [0.5, 0.6) is 0 Å². The second kappa shape index (κ2) is 7.80. The predicted octanol–water partition coefficient (Wildman–Crippen LogP) is 4.05. The Hall–Kier alpha value is -1.07. The highest BCUT2D eigenvalue weighted by Crippen LogP contribution is 2.32. The maximum atomic E-state index is 11.9. The minimum absolute atomic E-state index is 0.0146. The second-order valence-corrected chi connectivity index (χ2v) is 7.46. The highest BCUT2D eigenvalue weighted by Gasteiger charge is 2.25. The van der Waals surface area contributed by atoms with Crippen LogP contribution in [0.3, 0.4) is 0 Å². The number of aliphatic carboxylic acids is 1. The van der Waals surface area contributed by atoms with Crippen molar-refractivity contribution in [1.29, 1.82) is 0 Å². The van der Waals surface area contributed by atoms with E-state index >= 15 is 0 Å². The summed E-state index contributed by atoms with van der Waals surface area (Å²) >= 11 is 7.23. The predicted molar refractivity (Wildman–Crippen MR) is 86.1 cm³/mol. The molecular weight excluding hydrogens is 310 g/mol. The van der Waals surface area contributed by atoms with Crippen molar-refractivity contribution in [3.05, 3.63) is 21.3 Å². The van der Waals surface area contributed by atoms with Crippen LogP contribution in [-0.2, 0) is 4.79 Å². The van der Waals surface area contributed by atoms with Gasteiger partial charge in [0.05, 0.1) is 5.02 Å². The highest BCUT2D eigenvalue weighted by atomic mass is 35.5. The Morgan fingerprint density at radius 1 is 1.38 bits per heavy atom. The lowest BCUT2D eigenvalue weighted by Gasteiger charge is -2.30. The largest absolute Gasteiger partial charge is 0.481 e. The van der Waals surface area contributed by atoms with Crippen molar-refractivity contribution >= 4 is 34.8 Å². The summed E-state index contributed by atoms with van der Waals surface area (Å²) < 4.78 is 0. The summed E-state index contributed by atoms with van der Waals surface area (Å²) in [4.78, 5) is 23.2. The SMILES string of the molecule is CC(C)(C)C(CCNC(=O)c1sccc1Cl)CCC(=O)O. The first-order valence-corrected chi connectivity index (χ1v) is 8.20. The number of carboxylic acids is 1. The summed E-state index contributed by atoms with van der Waals surface area (Å²) in [5, 5.41) is 13.9. The lowest BCUT2D eigenvalue weighted by molar-refractivity contribution is -0.137. The van der Waals surface area contributed by atoms with Crippen LogP contribution in [0.4, 0.5) is 0 Å². The molecule has 0 saturated heterocycles. The van der Waals surface area contributed by atoms with E-state index in [1.54, 1.807) is 11.4 Å². The Morgan fingerprint density at radius 2 is 2.05 bits per heavy atom. The standard InChI is InChI=1S/C15H22ClNO3S/c1-15(2,3)10(4-5-12(18)19)6-8-17-14(20)13-11(16)7-9-21-13/h7,9-10H,4-6,8H2,1-3H3,(H,17,20)(H,18,19). The van der Waals surface area contributed by atoms with Gasteiger partial charge in [0.1, 0.15) is 4.88 Å². The van der Waals surface area contributed by atoms with E-state index in [2.05, 4.69) is 26.1 Å². The van der Waals surface area contributed by atoms with Crippen LogP contribution in [0.2, 0.25) is 5.02 Å². The summed E-state index contributed by atoms with van der Waals surface area (Å²) in [5.41, 5.74) is 0.0146. The van der Waals surface area contributed by atoms with Crippen LogP contribution in [0.25, 0.3) is 0 Å². The molecule has 4 nitrogen and oxygen atoms in total. The molecule has 1 aromatic rings. The number of amides is 1. The van der Waals surface area contributed by atoms with E-state index < -0.39 is 5.97 Å². The zero-order valence-electron chi connectivity index (χ0n) is 12.6. The molecule has 0 fully saturated rings. The number of carboxylic acid groups (broad SMARTS) is 1. The van der Waals surface area contributed by atoms with Crippen LogP contribution >= 0.6 is 22.9 Å². The Labute approximate surface area is 134 Å². The van der Waals surface area contributed by atoms with E-state index in [4.69, 9.17) is 16.7 Å². The second-order valence-electron chi connectivity index (χ2n) is 6.14. The molecule has 0 aliphatic rings. The molecule has 1 heterocycles. The molecule has 0 saturated carbocycles. The Bertz CT molecular complexity index is 493. The van der Waals surface area contributed by atoms with Gasteiger partial charge in [-0.25, -0.2) is 0 Å². The van der Waals surface area contributed by atoms with E-state index in [-0.39, 0.29) is 23.7 Å². The molecule has 2 N–H and O–H groups in total. The van der Waals surface area contributed by atoms with Crippen molar-refractivity contribution < 1.29 is 14.7 Å². The molecule has 0 aromatic carbocycles. The van der Waals surface area contributed by atoms with Gasteiger partial charge < -0.3 is 10.4 Å². The zero-order chi connectivity index (χ0) is 16.0. The van der Waals surface area contributed by atoms with E-state index in [9.17, 15) is 9.59 Å². The van der Waals surface area contributed by atoms with Crippen molar-refractivity contribution in [2.75, 3.05) is 6.54 Å². The van der Waals surface area contributed by atoms with Crippen LogP contribution in [0, 0.1) is 11.3 Å². The van der Waals surface area contributed by atoms with Crippen molar-refractivity contribution in [3.63, 3.8) is 0 Å². The molecule has 1 amide bonds. The quantitative estimate of drug-likeness (QED) is 0.792. The summed E-state index contributed by atoms with van der Waals surface area (Å²) in [5.74, 6) is -0.702. The van der Waals surface area contributed by atoms with Gasteiger partial charge >= 0.3 is 5.97 Å². The molecule has 6 heteroatoms. The molecule has 1 atom stereocenters. The fraction of sp³-hybridized carbons (Fsp3) is 0.600. The number of carbonyl (C=O) groups excluding carboxylic acids is 1. The number of hydrogen-bond donors (Lipinski definition) is 2. The van der Waals surface area contributed by atoms with Crippen LogP contribution in [-0.4, -0.2) is 23.5 Å². The minimum Gasteiger partial charge on any atom is -0.481 e. The first-order valence-electron chi connectivity index (χ1n) is 6.94. The third-order valence-electron chi connectivity index (χ3n) is 3.53. The highest BCUT2D eigenvalue weighted by molar-refractivity contribution is 7.12. The fourth-order valence-electron chi connectivity index (χ4n) is 2.20. The van der Waals surface area contributed by atoms with Gasteiger partial charge in [-0.05, 0) is 35.6 Å². The van der Waals surface area contributed by atoms with E-state index in [0.717, 1.165) is 6.42 Å².